The second kappa shape index (κ2) is 9.48. The van der Waals surface area contributed by atoms with E-state index in [-0.39, 0.29) is 0 Å². The molecular formula is C4H10N2S4. The van der Waals surface area contributed by atoms with Crippen LogP contribution in [0.4, 0.5) is 0 Å². The van der Waals surface area contributed by atoms with Crippen molar-refractivity contribution < 1.29 is 0 Å². The standard InChI is InChI=1S/2C2H5NS2/c2*1-3-2(4)5/h2*1H3,(H2,3,4,5). The summed E-state index contributed by atoms with van der Waals surface area (Å²) in [6, 6.07) is 0. The Morgan fingerprint density at radius 2 is 1.10 bits per heavy atom. The molecule has 0 aromatic rings. The highest BCUT2D eigenvalue weighted by atomic mass is 32.1. The Labute approximate surface area is 83.0 Å². The van der Waals surface area contributed by atoms with E-state index in [9.17, 15) is 0 Å². The van der Waals surface area contributed by atoms with Gasteiger partial charge in [-0.3, -0.25) is 0 Å². The molecule has 2 N–H and O–H groups in total. The number of rotatable bonds is 0. The zero-order chi connectivity index (χ0) is 8.57. The third kappa shape index (κ3) is 23.6. The van der Waals surface area contributed by atoms with Gasteiger partial charge in [-0.15, -0.1) is 25.3 Å². The van der Waals surface area contributed by atoms with Crippen LogP contribution in [-0.2, 0) is 0 Å². The number of nitrogens with one attached hydrogen (secondary N) is 2. The van der Waals surface area contributed by atoms with Crippen LogP contribution in [0.2, 0.25) is 0 Å². The predicted molar refractivity (Wildman–Crippen MR) is 61.3 cm³/mol. The van der Waals surface area contributed by atoms with Crippen LogP contribution in [0.15, 0.2) is 0 Å². The van der Waals surface area contributed by atoms with Gasteiger partial charge in [0.2, 0.25) is 0 Å². The van der Waals surface area contributed by atoms with Crippen LogP contribution in [0.25, 0.3) is 0 Å². The maximum absolute atomic E-state index is 4.45. The molecule has 0 bridgehead atoms. The van der Waals surface area contributed by atoms with Crippen LogP contribution in [0.1, 0.15) is 0 Å². The summed E-state index contributed by atoms with van der Waals surface area (Å²) >= 11 is 16.3. The average molecular weight is 214 g/mol. The second-order valence-electron chi connectivity index (χ2n) is 1.11. The summed E-state index contributed by atoms with van der Waals surface area (Å²) in [5.41, 5.74) is 0. The van der Waals surface area contributed by atoms with E-state index < -0.39 is 0 Å². The lowest BCUT2D eigenvalue weighted by atomic mass is 11.2. The summed E-state index contributed by atoms with van der Waals surface area (Å²) in [5.74, 6) is 0. The van der Waals surface area contributed by atoms with E-state index in [1.165, 1.54) is 0 Å². The van der Waals surface area contributed by atoms with Crippen molar-refractivity contribution in [2.24, 2.45) is 0 Å². The van der Waals surface area contributed by atoms with Crippen LogP contribution in [0.5, 0.6) is 0 Å². The first kappa shape index (κ1) is 13.1. The van der Waals surface area contributed by atoms with Gasteiger partial charge in [0.1, 0.15) is 8.64 Å². The summed E-state index contributed by atoms with van der Waals surface area (Å²) in [5, 5.41) is 5.25. The molecule has 0 saturated carbocycles. The first-order valence-electron chi connectivity index (χ1n) is 2.36. The van der Waals surface area contributed by atoms with Crippen LogP contribution >= 0.6 is 49.7 Å². The van der Waals surface area contributed by atoms with Crippen molar-refractivity contribution in [3.05, 3.63) is 0 Å². The molecule has 0 heterocycles. The molecule has 0 fully saturated rings. The smallest absolute Gasteiger partial charge is 0.130 e. The van der Waals surface area contributed by atoms with E-state index in [2.05, 4.69) is 60.3 Å². The molecule has 2 nitrogen and oxygen atoms in total. The summed E-state index contributed by atoms with van der Waals surface area (Å²) in [6.45, 7) is 0. The van der Waals surface area contributed by atoms with Gasteiger partial charge in [-0.1, -0.05) is 24.4 Å². The quantitative estimate of drug-likeness (QED) is 0.355. The van der Waals surface area contributed by atoms with Gasteiger partial charge in [0.15, 0.2) is 0 Å². The number of hydrogen-bond donors (Lipinski definition) is 4. The molecule has 10 heavy (non-hydrogen) atoms. The molecular weight excluding hydrogens is 204 g/mol. The van der Waals surface area contributed by atoms with Crippen molar-refractivity contribution in [1.82, 2.24) is 10.6 Å². The lowest BCUT2D eigenvalue weighted by Gasteiger charge is -1.83. The molecule has 0 spiro atoms. The van der Waals surface area contributed by atoms with Crippen molar-refractivity contribution in [3.63, 3.8) is 0 Å². The van der Waals surface area contributed by atoms with E-state index in [0.29, 0.717) is 8.64 Å². The fourth-order valence-corrected chi connectivity index (χ4v) is 0. The molecule has 0 saturated heterocycles. The van der Waals surface area contributed by atoms with Gasteiger partial charge in [-0.25, -0.2) is 0 Å². The molecule has 0 amide bonds. The Balaban J connectivity index is 0. The Morgan fingerprint density at radius 1 is 1.00 bits per heavy atom. The second-order valence-corrected chi connectivity index (χ2v) is 3.43. The van der Waals surface area contributed by atoms with Gasteiger partial charge in [0.05, 0.1) is 0 Å². The highest BCUT2D eigenvalue weighted by Gasteiger charge is 1.68. The molecule has 0 unspecified atom stereocenters. The lowest BCUT2D eigenvalue weighted by Crippen LogP contribution is -2.06. The normalized spacial score (nSPS) is 6.80. The largest absolute Gasteiger partial charge is 0.374 e. The summed E-state index contributed by atoms with van der Waals surface area (Å²) < 4.78 is 1.06. The highest BCUT2D eigenvalue weighted by Crippen LogP contribution is 1.70. The minimum Gasteiger partial charge on any atom is -0.374 e. The van der Waals surface area contributed by atoms with Gasteiger partial charge >= 0.3 is 0 Å². The van der Waals surface area contributed by atoms with Gasteiger partial charge in [-0.05, 0) is 0 Å². The fourth-order valence-electron chi connectivity index (χ4n) is 0. The third-order valence-electron chi connectivity index (χ3n) is 0.428. The zero-order valence-corrected chi connectivity index (χ0v) is 9.13. The summed E-state index contributed by atoms with van der Waals surface area (Å²) in [7, 11) is 3.46. The topological polar surface area (TPSA) is 24.1 Å². The minimum atomic E-state index is 0.532. The SMILES string of the molecule is CNC(=S)S.CNC(=S)S. The van der Waals surface area contributed by atoms with Crippen molar-refractivity contribution in [2.75, 3.05) is 14.1 Å². The molecule has 0 aliphatic carbocycles. The molecule has 0 aliphatic rings. The Bertz CT molecular complexity index is 99.8. The number of thiol groups is 2. The molecule has 0 rings (SSSR count). The Kier molecular flexibility index (Phi) is 12.4. The first-order chi connectivity index (χ1) is 4.54. The first-order valence-corrected chi connectivity index (χ1v) is 4.07. The molecule has 0 aromatic heterocycles. The van der Waals surface area contributed by atoms with Gasteiger partial charge < -0.3 is 10.6 Å². The van der Waals surface area contributed by atoms with Crippen molar-refractivity contribution in [3.8, 4) is 0 Å². The number of thiocarbonyl (C=S) groups is 2. The molecule has 6 heteroatoms. The predicted octanol–water partition coefficient (Wildman–Crippen LogP) is 0.841. The maximum atomic E-state index is 4.45. The average Bonchev–Trinajstić information content (AvgIpc) is 1.89. The number of hydrogen-bond acceptors (Lipinski definition) is 2. The van der Waals surface area contributed by atoms with Crippen LogP contribution in [0.3, 0.4) is 0 Å². The van der Waals surface area contributed by atoms with Gasteiger partial charge in [-0.2, -0.15) is 0 Å². The van der Waals surface area contributed by atoms with E-state index in [1.807, 2.05) is 0 Å². The van der Waals surface area contributed by atoms with Crippen LogP contribution in [-0.4, -0.2) is 22.7 Å². The van der Waals surface area contributed by atoms with Crippen molar-refractivity contribution in [1.29, 1.82) is 0 Å². The molecule has 0 atom stereocenters. The molecule has 60 valence electrons. The minimum absolute atomic E-state index is 0.532. The summed E-state index contributed by atoms with van der Waals surface area (Å²) in [4.78, 5) is 0. The van der Waals surface area contributed by atoms with Gasteiger partial charge in [0, 0.05) is 14.1 Å². The Morgan fingerprint density at radius 3 is 1.10 bits per heavy atom. The van der Waals surface area contributed by atoms with E-state index in [4.69, 9.17) is 0 Å². The zero-order valence-electron chi connectivity index (χ0n) is 5.71. The monoisotopic (exact) mass is 214 g/mol. The van der Waals surface area contributed by atoms with Gasteiger partial charge in [0.25, 0.3) is 0 Å². The molecule has 0 radical (unpaired) electrons. The van der Waals surface area contributed by atoms with E-state index in [1.54, 1.807) is 14.1 Å². The van der Waals surface area contributed by atoms with Crippen LogP contribution < -0.4 is 10.6 Å². The maximum Gasteiger partial charge on any atom is 0.130 e. The lowest BCUT2D eigenvalue weighted by molar-refractivity contribution is 1.23. The van der Waals surface area contributed by atoms with Crippen molar-refractivity contribution >= 4 is 58.3 Å². The fraction of sp³-hybridized carbons (Fsp3) is 0.500. The van der Waals surface area contributed by atoms with Crippen molar-refractivity contribution in [2.45, 2.75) is 0 Å². The third-order valence-corrected chi connectivity index (χ3v) is 1.28. The van der Waals surface area contributed by atoms with E-state index >= 15 is 0 Å². The van der Waals surface area contributed by atoms with Crippen LogP contribution in [0, 0.1) is 0 Å². The van der Waals surface area contributed by atoms with E-state index in [0.717, 1.165) is 0 Å². The highest BCUT2D eigenvalue weighted by molar-refractivity contribution is 8.11. The Hall–Kier alpha value is 0.480. The summed E-state index contributed by atoms with van der Waals surface area (Å²) in [6.07, 6.45) is 0. The molecule has 0 aliphatic heterocycles. The molecule has 0 aromatic carbocycles.